The Morgan fingerprint density at radius 3 is 2.27 bits per heavy atom. The normalized spacial score (nSPS) is 9.77. The first-order valence-electron chi connectivity index (χ1n) is 8.71. The van der Waals surface area contributed by atoms with Gasteiger partial charge in [-0.3, -0.25) is 9.59 Å². The molecule has 0 aromatic heterocycles. The summed E-state index contributed by atoms with van der Waals surface area (Å²) < 4.78 is 5.58. The van der Waals surface area contributed by atoms with Gasteiger partial charge in [0.1, 0.15) is 5.75 Å². The van der Waals surface area contributed by atoms with Gasteiger partial charge in [0.15, 0.2) is 5.78 Å². The molecule has 0 saturated carbocycles. The first-order chi connectivity index (χ1) is 12.6. The SMILES string of the molecule is CCCCOc1ccc(C(=O)NCC#Cc2ccc(C(C)=O)cc2)cc1. The maximum atomic E-state index is 12.1. The molecular weight excluding hydrogens is 326 g/mol. The van der Waals surface area contributed by atoms with Crippen LogP contribution in [0.1, 0.15) is 53.0 Å². The number of carbonyl (C=O) groups excluding carboxylic acids is 2. The lowest BCUT2D eigenvalue weighted by atomic mass is 10.1. The van der Waals surface area contributed by atoms with Crippen molar-refractivity contribution in [3.63, 3.8) is 0 Å². The van der Waals surface area contributed by atoms with E-state index in [-0.39, 0.29) is 18.2 Å². The van der Waals surface area contributed by atoms with Gasteiger partial charge in [-0.1, -0.05) is 37.3 Å². The van der Waals surface area contributed by atoms with Crippen molar-refractivity contribution in [3.8, 4) is 17.6 Å². The minimum Gasteiger partial charge on any atom is -0.494 e. The van der Waals surface area contributed by atoms with E-state index >= 15 is 0 Å². The molecule has 0 aliphatic rings. The van der Waals surface area contributed by atoms with E-state index in [0.29, 0.717) is 17.7 Å². The first kappa shape index (κ1) is 19.3. The zero-order valence-electron chi connectivity index (χ0n) is 15.2. The van der Waals surface area contributed by atoms with Crippen molar-refractivity contribution in [1.29, 1.82) is 0 Å². The zero-order chi connectivity index (χ0) is 18.8. The van der Waals surface area contributed by atoms with Crippen LogP contribution in [0, 0.1) is 11.8 Å². The Balaban J connectivity index is 1.82. The predicted molar refractivity (Wildman–Crippen MR) is 103 cm³/mol. The van der Waals surface area contributed by atoms with Gasteiger partial charge in [-0.05, 0) is 49.7 Å². The lowest BCUT2D eigenvalue weighted by Crippen LogP contribution is -2.23. The van der Waals surface area contributed by atoms with Crippen LogP contribution in [0.5, 0.6) is 5.75 Å². The van der Waals surface area contributed by atoms with Crippen LogP contribution in [0.15, 0.2) is 48.5 Å². The van der Waals surface area contributed by atoms with Crippen LogP contribution in [0.2, 0.25) is 0 Å². The third-order valence-electron chi connectivity index (χ3n) is 3.74. The summed E-state index contributed by atoms with van der Waals surface area (Å²) in [5.74, 6) is 6.48. The summed E-state index contributed by atoms with van der Waals surface area (Å²) in [6.45, 7) is 4.58. The number of ketones is 1. The number of rotatable bonds is 7. The molecule has 134 valence electrons. The Hall–Kier alpha value is -3.06. The van der Waals surface area contributed by atoms with E-state index in [1.54, 1.807) is 48.5 Å². The highest BCUT2D eigenvalue weighted by Gasteiger charge is 2.04. The maximum Gasteiger partial charge on any atom is 0.252 e. The van der Waals surface area contributed by atoms with Gasteiger partial charge >= 0.3 is 0 Å². The van der Waals surface area contributed by atoms with E-state index in [1.165, 1.54) is 6.92 Å². The molecule has 0 radical (unpaired) electrons. The number of unbranched alkanes of at least 4 members (excludes halogenated alkanes) is 1. The average Bonchev–Trinajstić information content (AvgIpc) is 2.66. The maximum absolute atomic E-state index is 12.1. The lowest BCUT2D eigenvalue weighted by molar-refractivity contribution is 0.0957. The molecular formula is C22H23NO3. The monoisotopic (exact) mass is 349 g/mol. The van der Waals surface area contributed by atoms with Crippen molar-refractivity contribution < 1.29 is 14.3 Å². The van der Waals surface area contributed by atoms with Crippen molar-refractivity contribution in [2.45, 2.75) is 26.7 Å². The quantitative estimate of drug-likeness (QED) is 0.469. The second-order valence-electron chi connectivity index (χ2n) is 5.84. The molecule has 0 aliphatic heterocycles. The van der Waals surface area contributed by atoms with Gasteiger partial charge in [0.25, 0.3) is 5.91 Å². The molecule has 0 bridgehead atoms. The molecule has 0 aliphatic carbocycles. The van der Waals surface area contributed by atoms with Crippen LogP contribution in [0.4, 0.5) is 0 Å². The Morgan fingerprint density at radius 1 is 1.00 bits per heavy atom. The van der Waals surface area contributed by atoms with Crippen molar-refractivity contribution in [1.82, 2.24) is 5.32 Å². The highest BCUT2D eigenvalue weighted by Crippen LogP contribution is 2.12. The van der Waals surface area contributed by atoms with Gasteiger partial charge in [-0.15, -0.1) is 0 Å². The van der Waals surface area contributed by atoms with Crippen LogP contribution < -0.4 is 10.1 Å². The van der Waals surface area contributed by atoms with Crippen molar-refractivity contribution >= 4 is 11.7 Å². The summed E-state index contributed by atoms with van der Waals surface area (Å²) in [6.07, 6.45) is 2.10. The predicted octanol–water partition coefficient (Wildman–Crippen LogP) is 3.85. The number of nitrogens with one attached hydrogen (secondary N) is 1. The molecule has 1 amide bonds. The van der Waals surface area contributed by atoms with Gasteiger partial charge in [0, 0.05) is 16.7 Å². The van der Waals surface area contributed by atoms with E-state index in [0.717, 1.165) is 24.2 Å². The number of hydrogen-bond acceptors (Lipinski definition) is 3. The van der Waals surface area contributed by atoms with Gasteiger partial charge < -0.3 is 10.1 Å². The minimum atomic E-state index is -0.175. The molecule has 0 heterocycles. The molecule has 0 atom stereocenters. The molecule has 2 aromatic rings. The molecule has 4 nitrogen and oxygen atoms in total. The molecule has 0 saturated heterocycles. The summed E-state index contributed by atoms with van der Waals surface area (Å²) in [5.41, 5.74) is 2.03. The van der Waals surface area contributed by atoms with E-state index in [4.69, 9.17) is 4.74 Å². The third-order valence-corrected chi connectivity index (χ3v) is 3.74. The molecule has 2 rings (SSSR count). The Bertz CT molecular complexity index is 796. The minimum absolute atomic E-state index is 0.0264. The number of hydrogen-bond donors (Lipinski definition) is 1. The highest BCUT2D eigenvalue weighted by atomic mass is 16.5. The summed E-state index contributed by atoms with van der Waals surface area (Å²) in [7, 11) is 0. The number of benzene rings is 2. The third kappa shape index (κ3) is 6.10. The summed E-state index contributed by atoms with van der Waals surface area (Å²) >= 11 is 0. The molecule has 0 unspecified atom stereocenters. The Morgan fingerprint density at radius 2 is 1.65 bits per heavy atom. The van der Waals surface area contributed by atoms with E-state index < -0.39 is 0 Å². The summed E-state index contributed by atoms with van der Waals surface area (Å²) in [4.78, 5) is 23.3. The second-order valence-corrected chi connectivity index (χ2v) is 5.84. The molecule has 4 heteroatoms. The molecule has 0 spiro atoms. The summed E-state index contributed by atoms with van der Waals surface area (Å²) in [6, 6.07) is 14.2. The molecule has 0 fully saturated rings. The standard InChI is InChI=1S/C22H23NO3/c1-3-4-16-26-21-13-11-20(12-14-21)22(25)23-15-5-6-18-7-9-19(10-8-18)17(2)24/h7-14H,3-4,15-16H2,1-2H3,(H,23,25). The topological polar surface area (TPSA) is 55.4 Å². The number of ether oxygens (including phenoxy) is 1. The van der Waals surface area contributed by atoms with E-state index in [1.807, 2.05) is 0 Å². The molecule has 26 heavy (non-hydrogen) atoms. The molecule has 1 N–H and O–H groups in total. The fourth-order valence-electron chi connectivity index (χ4n) is 2.20. The Labute approximate surface area is 154 Å². The number of amides is 1. The van der Waals surface area contributed by atoms with Crippen LogP contribution in [0.3, 0.4) is 0 Å². The van der Waals surface area contributed by atoms with Crippen LogP contribution in [-0.2, 0) is 0 Å². The smallest absolute Gasteiger partial charge is 0.252 e. The largest absolute Gasteiger partial charge is 0.494 e. The van der Waals surface area contributed by atoms with E-state index in [9.17, 15) is 9.59 Å². The van der Waals surface area contributed by atoms with Crippen LogP contribution in [-0.4, -0.2) is 24.8 Å². The average molecular weight is 349 g/mol. The highest BCUT2D eigenvalue weighted by molar-refractivity contribution is 5.94. The van der Waals surface area contributed by atoms with Crippen LogP contribution >= 0.6 is 0 Å². The van der Waals surface area contributed by atoms with Crippen molar-refractivity contribution in [3.05, 3.63) is 65.2 Å². The number of Topliss-reactive ketones (excluding diaryl/α,β-unsaturated/α-hetero) is 1. The number of carbonyl (C=O) groups is 2. The van der Waals surface area contributed by atoms with Crippen LogP contribution in [0.25, 0.3) is 0 Å². The molecule has 2 aromatic carbocycles. The van der Waals surface area contributed by atoms with Gasteiger partial charge in [0.05, 0.1) is 13.2 Å². The second kappa shape index (κ2) is 10.0. The lowest BCUT2D eigenvalue weighted by Gasteiger charge is -2.06. The van der Waals surface area contributed by atoms with Gasteiger partial charge in [-0.2, -0.15) is 0 Å². The van der Waals surface area contributed by atoms with Crippen molar-refractivity contribution in [2.75, 3.05) is 13.2 Å². The van der Waals surface area contributed by atoms with Gasteiger partial charge in [0.2, 0.25) is 0 Å². The van der Waals surface area contributed by atoms with Gasteiger partial charge in [-0.25, -0.2) is 0 Å². The zero-order valence-corrected chi connectivity index (χ0v) is 15.2. The first-order valence-corrected chi connectivity index (χ1v) is 8.71. The Kier molecular flexibility index (Phi) is 7.45. The fraction of sp³-hybridized carbons (Fsp3) is 0.273. The summed E-state index contributed by atoms with van der Waals surface area (Å²) in [5, 5.41) is 2.76. The van der Waals surface area contributed by atoms with Crippen molar-refractivity contribution in [2.24, 2.45) is 0 Å². The van der Waals surface area contributed by atoms with E-state index in [2.05, 4.69) is 24.1 Å². The fourth-order valence-corrected chi connectivity index (χ4v) is 2.20.